The van der Waals surface area contributed by atoms with E-state index >= 15 is 0 Å². The number of nitrogens with zero attached hydrogens (tertiary/aromatic N) is 1. The summed E-state index contributed by atoms with van der Waals surface area (Å²) in [5.41, 5.74) is 2.42. The van der Waals surface area contributed by atoms with Gasteiger partial charge in [-0.2, -0.15) is 0 Å². The number of anilines is 1. The third-order valence-electron chi connectivity index (χ3n) is 4.26. The van der Waals surface area contributed by atoms with E-state index < -0.39 is 0 Å². The summed E-state index contributed by atoms with van der Waals surface area (Å²) < 4.78 is 1.20. The topological polar surface area (TPSA) is 20.3 Å². The third kappa shape index (κ3) is 3.51. The highest BCUT2D eigenvalue weighted by molar-refractivity contribution is 14.1. The second-order valence-electron chi connectivity index (χ2n) is 5.79. The maximum atomic E-state index is 12.5. The molecular formula is C19H20INO. The molecule has 1 aliphatic carbocycles. The molecule has 0 N–H and O–H groups in total. The van der Waals surface area contributed by atoms with Crippen LogP contribution in [0.15, 0.2) is 54.6 Å². The van der Waals surface area contributed by atoms with Crippen molar-refractivity contribution in [1.29, 1.82) is 0 Å². The smallest absolute Gasteiger partial charge is 0.155 e. The van der Waals surface area contributed by atoms with Crippen molar-refractivity contribution in [2.75, 3.05) is 4.90 Å². The number of hydrogen-bond donors (Lipinski definition) is 0. The number of carbonyl (C=O) groups is 1. The van der Waals surface area contributed by atoms with Gasteiger partial charge in [-0.05, 0) is 53.1 Å². The molecule has 0 bridgehead atoms. The fraction of sp³-hybridized carbons (Fsp3) is 0.316. The molecule has 2 nitrogen and oxygen atoms in total. The SMILES string of the molecule is O=C1CCCCC1N(Cc1ccccc1)c1ccccc1I. The Hall–Kier alpha value is -1.36. The highest BCUT2D eigenvalue weighted by Gasteiger charge is 2.29. The molecular weight excluding hydrogens is 385 g/mol. The van der Waals surface area contributed by atoms with Crippen LogP contribution in [-0.4, -0.2) is 11.8 Å². The Morgan fingerprint density at radius 2 is 1.73 bits per heavy atom. The van der Waals surface area contributed by atoms with E-state index in [0.29, 0.717) is 5.78 Å². The van der Waals surface area contributed by atoms with Gasteiger partial charge in [0.1, 0.15) is 0 Å². The summed E-state index contributed by atoms with van der Waals surface area (Å²) in [6, 6.07) is 18.8. The molecule has 1 unspecified atom stereocenters. The molecule has 2 aromatic carbocycles. The van der Waals surface area contributed by atoms with Crippen molar-refractivity contribution in [1.82, 2.24) is 0 Å². The molecule has 1 aliphatic rings. The molecule has 1 fully saturated rings. The van der Waals surface area contributed by atoms with Crippen LogP contribution in [0.2, 0.25) is 0 Å². The summed E-state index contributed by atoms with van der Waals surface area (Å²) >= 11 is 2.37. The maximum Gasteiger partial charge on any atom is 0.155 e. The van der Waals surface area contributed by atoms with Crippen LogP contribution in [0.3, 0.4) is 0 Å². The summed E-state index contributed by atoms with van der Waals surface area (Å²) in [6.45, 7) is 0.789. The Balaban J connectivity index is 1.94. The van der Waals surface area contributed by atoms with Crippen molar-refractivity contribution >= 4 is 34.1 Å². The Morgan fingerprint density at radius 3 is 2.45 bits per heavy atom. The van der Waals surface area contributed by atoms with Crippen LogP contribution >= 0.6 is 22.6 Å². The minimum atomic E-state index is 0.0184. The van der Waals surface area contributed by atoms with Crippen LogP contribution in [0, 0.1) is 3.57 Å². The Kier molecular flexibility index (Phi) is 5.13. The first-order chi connectivity index (χ1) is 10.8. The number of carbonyl (C=O) groups excluding carboxylic acids is 1. The first kappa shape index (κ1) is 15.5. The standard InChI is InChI=1S/C19H20INO/c20-16-10-4-5-11-17(16)21(14-15-8-2-1-3-9-15)18-12-6-7-13-19(18)22/h1-5,8-11,18H,6-7,12-14H2. The first-order valence-electron chi connectivity index (χ1n) is 7.83. The molecule has 3 rings (SSSR count). The summed E-state index contributed by atoms with van der Waals surface area (Å²) in [5, 5.41) is 0. The van der Waals surface area contributed by atoms with Gasteiger partial charge in [0.25, 0.3) is 0 Å². The Bertz CT molecular complexity index is 641. The number of rotatable bonds is 4. The molecule has 2 aromatic rings. The van der Waals surface area contributed by atoms with Crippen LogP contribution in [0.5, 0.6) is 0 Å². The van der Waals surface area contributed by atoms with Crippen LogP contribution in [-0.2, 0) is 11.3 Å². The van der Waals surface area contributed by atoms with Crippen LogP contribution < -0.4 is 4.90 Å². The highest BCUT2D eigenvalue weighted by atomic mass is 127. The first-order valence-corrected chi connectivity index (χ1v) is 8.91. The lowest BCUT2D eigenvalue weighted by Gasteiger charge is -2.35. The van der Waals surface area contributed by atoms with Gasteiger partial charge in [-0.3, -0.25) is 4.79 Å². The minimum absolute atomic E-state index is 0.0184. The molecule has 3 heteroatoms. The van der Waals surface area contributed by atoms with Crippen LogP contribution in [0.4, 0.5) is 5.69 Å². The molecule has 22 heavy (non-hydrogen) atoms. The summed E-state index contributed by atoms with van der Waals surface area (Å²) in [5.74, 6) is 0.391. The molecule has 0 radical (unpaired) electrons. The van der Waals surface area contributed by atoms with E-state index in [-0.39, 0.29) is 6.04 Å². The Morgan fingerprint density at radius 1 is 1.00 bits per heavy atom. The molecule has 0 spiro atoms. The number of benzene rings is 2. The number of Topliss-reactive ketones (excluding diaryl/α,β-unsaturated/α-hetero) is 1. The van der Waals surface area contributed by atoms with E-state index in [1.807, 2.05) is 6.07 Å². The van der Waals surface area contributed by atoms with Crippen molar-refractivity contribution in [2.24, 2.45) is 0 Å². The molecule has 1 saturated carbocycles. The summed E-state index contributed by atoms with van der Waals surface area (Å²) in [4.78, 5) is 14.8. The zero-order chi connectivity index (χ0) is 15.4. The number of halogens is 1. The maximum absolute atomic E-state index is 12.5. The lowest BCUT2D eigenvalue weighted by Crippen LogP contribution is -2.43. The average Bonchev–Trinajstić information content (AvgIpc) is 2.55. The largest absolute Gasteiger partial charge is 0.356 e. The van der Waals surface area contributed by atoms with Gasteiger partial charge >= 0.3 is 0 Å². The van der Waals surface area contributed by atoms with E-state index in [1.54, 1.807) is 0 Å². The van der Waals surface area contributed by atoms with Gasteiger partial charge in [-0.25, -0.2) is 0 Å². The van der Waals surface area contributed by atoms with Crippen molar-refractivity contribution < 1.29 is 4.79 Å². The summed E-state index contributed by atoms with van der Waals surface area (Å²) in [6.07, 6.45) is 3.88. The van der Waals surface area contributed by atoms with Gasteiger partial charge in [0.15, 0.2) is 5.78 Å². The third-order valence-corrected chi connectivity index (χ3v) is 5.17. The minimum Gasteiger partial charge on any atom is -0.356 e. The normalized spacial score (nSPS) is 18.2. The van der Waals surface area contributed by atoms with Gasteiger partial charge in [0, 0.05) is 16.5 Å². The van der Waals surface area contributed by atoms with Gasteiger partial charge in [0.2, 0.25) is 0 Å². The van der Waals surface area contributed by atoms with Gasteiger partial charge < -0.3 is 4.90 Å². The van der Waals surface area contributed by atoms with E-state index in [1.165, 1.54) is 14.8 Å². The fourth-order valence-electron chi connectivity index (χ4n) is 3.12. The fourth-order valence-corrected chi connectivity index (χ4v) is 3.82. The lowest BCUT2D eigenvalue weighted by atomic mass is 9.92. The number of para-hydroxylation sites is 1. The van der Waals surface area contributed by atoms with E-state index in [9.17, 15) is 4.79 Å². The number of hydrogen-bond acceptors (Lipinski definition) is 2. The molecule has 0 saturated heterocycles. The number of ketones is 1. The van der Waals surface area contributed by atoms with Crippen molar-refractivity contribution in [3.63, 3.8) is 0 Å². The zero-order valence-corrected chi connectivity index (χ0v) is 14.7. The van der Waals surface area contributed by atoms with Crippen molar-refractivity contribution in [3.8, 4) is 0 Å². The molecule has 1 atom stereocenters. The molecule has 0 heterocycles. The van der Waals surface area contributed by atoms with Crippen molar-refractivity contribution in [3.05, 3.63) is 63.7 Å². The second kappa shape index (κ2) is 7.27. The molecule has 0 amide bonds. The predicted octanol–water partition coefficient (Wildman–Crippen LogP) is 4.81. The summed E-state index contributed by atoms with van der Waals surface area (Å²) in [7, 11) is 0. The van der Waals surface area contributed by atoms with Crippen LogP contribution in [0.1, 0.15) is 31.2 Å². The van der Waals surface area contributed by atoms with Crippen molar-refractivity contribution in [2.45, 2.75) is 38.3 Å². The lowest BCUT2D eigenvalue weighted by molar-refractivity contribution is -0.121. The van der Waals surface area contributed by atoms with Gasteiger partial charge in [0.05, 0.1) is 11.7 Å². The average molecular weight is 405 g/mol. The van der Waals surface area contributed by atoms with E-state index in [2.05, 4.69) is 76.0 Å². The highest BCUT2D eigenvalue weighted by Crippen LogP contribution is 2.30. The predicted molar refractivity (Wildman–Crippen MR) is 99.0 cm³/mol. The van der Waals surface area contributed by atoms with E-state index in [0.717, 1.165) is 32.2 Å². The monoisotopic (exact) mass is 405 g/mol. The Labute approximate surface area is 145 Å². The van der Waals surface area contributed by atoms with Crippen LogP contribution in [0.25, 0.3) is 0 Å². The molecule has 0 aliphatic heterocycles. The quantitative estimate of drug-likeness (QED) is 0.681. The molecule has 0 aromatic heterocycles. The second-order valence-corrected chi connectivity index (χ2v) is 6.95. The zero-order valence-electron chi connectivity index (χ0n) is 12.5. The van der Waals surface area contributed by atoms with E-state index in [4.69, 9.17) is 0 Å². The van der Waals surface area contributed by atoms with Gasteiger partial charge in [-0.15, -0.1) is 0 Å². The van der Waals surface area contributed by atoms with Gasteiger partial charge in [-0.1, -0.05) is 48.9 Å². The molecule has 114 valence electrons.